The molecular weight excluding hydrogens is 318 g/mol. The number of nitrogens with zero attached hydrogens (tertiary/aromatic N) is 1. The number of anilines is 1. The van der Waals surface area contributed by atoms with Crippen molar-refractivity contribution < 1.29 is 4.79 Å². The minimum atomic E-state index is -0.286. The maximum Gasteiger partial charge on any atom is 0.321 e. The topological polar surface area (TPSA) is 54.0 Å². The Hall–Kier alpha value is -2.11. The van der Waals surface area contributed by atoms with Crippen molar-refractivity contribution in [3.63, 3.8) is 0 Å². The first kappa shape index (κ1) is 14.8. The van der Waals surface area contributed by atoms with Crippen LogP contribution < -0.4 is 10.6 Å². The maximum absolute atomic E-state index is 12.1. The summed E-state index contributed by atoms with van der Waals surface area (Å²) >= 11 is 7.41. The first-order chi connectivity index (χ1) is 10.6. The van der Waals surface area contributed by atoms with Crippen molar-refractivity contribution in [2.24, 2.45) is 0 Å². The zero-order chi connectivity index (χ0) is 15.5. The molecule has 0 aliphatic carbocycles. The number of aromatic nitrogens is 1. The quantitative estimate of drug-likeness (QED) is 0.722. The van der Waals surface area contributed by atoms with Gasteiger partial charge in [0.1, 0.15) is 0 Å². The fraction of sp³-hybridized carbons (Fsp3) is 0.125. The molecule has 1 heterocycles. The highest BCUT2D eigenvalue weighted by atomic mass is 35.5. The minimum absolute atomic E-state index is 0.145. The number of nitrogens with one attached hydrogen (secondary N) is 2. The lowest BCUT2D eigenvalue weighted by Crippen LogP contribution is -2.31. The zero-order valence-electron chi connectivity index (χ0n) is 11.8. The molecule has 0 bridgehead atoms. The Kier molecular flexibility index (Phi) is 4.27. The van der Waals surface area contributed by atoms with Crippen LogP contribution in [-0.4, -0.2) is 11.0 Å². The Morgan fingerprint density at radius 2 is 2.05 bits per heavy atom. The van der Waals surface area contributed by atoms with E-state index in [4.69, 9.17) is 11.6 Å². The predicted molar refractivity (Wildman–Crippen MR) is 91.6 cm³/mol. The Morgan fingerprint density at radius 1 is 1.23 bits per heavy atom. The average molecular weight is 332 g/mol. The molecule has 6 heteroatoms. The third kappa shape index (κ3) is 3.37. The molecule has 0 spiro atoms. The van der Waals surface area contributed by atoms with Gasteiger partial charge in [-0.25, -0.2) is 9.78 Å². The van der Waals surface area contributed by atoms with Gasteiger partial charge >= 0.3 is 6.03 Å². The number of thiazole rings is 1. The number of fused-ring (bicyclic) bond motifs is 1. The first-order valence-corrected chi connectivity index (χ1v) is 8.00. The lowest BCUT2D eigenvalue weighted by molar-refractivity contribution is 0.249. The van der Waals surface area contributed by atoms with Crippen LogP contribution in [0.15, 0.2) is 48.5 Å². The fourth-order valence-corrected chi connectivity index (χ4v) is 3.17. The van der Waals surface area contributed by atoms with Crippen LogP contribution in [0.3, 0.4) is 0 Å². The van der Waals surface area contributed by atoms with Crippen LogP contribution in [0.2, 0.25) is 5.02 Å². The number of amides is 2. The lowest BCUT2D eigenvalue weighted by atomic mass is 10.1. The van der Waals surface area contributed by atoms with Crippen LogP contribution in [0.25, 0.3) is 10.2 Å². The SMILES string of the molecule is C[C@H](NC(=O)Nc1nc2ccccc2s1)c1cccc(Cl)c1. The maximum atomic E-state index is 12.1. The molecule has 0 fully saturated rings. The number of carbonyl (C=O) groups is 1. The molecule has 0 aliphatic heterocycles. The molecule has 22 heavy (non-hydrogen) atoms. The molecule has 0 saturated carbocycles. The Labute approximate surface area is 137 Å². The molecule has 2 N–H and O–H groups in total. The Bertz CT molecular complexity index is 785. The molecule has 0 unspecified atom stereocenters. The number of carbonyl (C=O) groups excluding carboxylic acids is 1. The zero-order valence-corrected chi connectivity index (χ0v) is 13.4. The highest BCUT2D eigenvalue weighted by molar-refractivity contribution is 7.22. The second-order valence-electron chi connectivity index (χ2n) is 4.86. The van der Waals surface area contributed by atoms with Gasteiger partial charge in [0.05, 0.1) is 16.3 Å². The minimum Gasteiger partial charge on any atom is -0.331 e. The van der Waals surface area contributed by atoms with E-state index in [2.05, 4.69) is 15.6 Å². The van der Waals surface area contributed by atoms with Gasteiger partial charge in [0.25, 0.3) is 0 Å². The molecule has 1 aromatic heterocycles. The second kappa shape index (κ2) is 6.34. The number of para-hydroxylation sites is 1. The van der Waals surface area contributed by atoms with Gasteiger partial charge in [0, 0.05) is 5.02 Å². The van der Waals surface area contributed by atoms with E-state index in [-0.39, 0.29) is 12.1 Å². The summed E-state index contributed by atoms with van der Waals surface area (Å²) in [5, 5.41) is 6.88. The van der Waals surface area contributed by atoms with Crippen LogP contribution in [-0.2, 0) is 0 Å². The van der Waals surface area contributed by atoms with E-state index in [0.717, 1.165) is 15.8 Å². The van der Waals surface area contributed by atoms with E-state index >= 15 is 0 Å². The molecule has 0 aliphatic rings. The summed E-state index contributed by atoms with van der Waals surface area (Å²) in [6, 6.07) is 14.8. The fourth-order valence-electron chi connectivity index (χ4n) is 2.11. The van der Waals surface area contributed by atoms with Crippen LogP contribution in [0.4, 0.5) is 9.93 Å². The monoisotopic (exact) mass is 331 g/mol. The van der Waals surface area contributed by atoms with E-state index < -0.39 is 0 Å². The van der Waals surface area contributed by atoms with E-state index in [9.17, 15) is 4.79 Å². The summed E-state index contributed by atoms with van der Waals surface area (Å²) in [6.45, 7) is 1.91. The molecule has 2 amide bonds. The van der Waals surface area contributed by atoms with Crippen molar-refractivity contribution in [2.75, 3.05) is 5.32 Å². The van der Waals surface area contributed by atoms with Gasteiger partial charge in [-0.1, -0.05) is 47.2 Å². The third-order valence-electron chi connectivity index (χ3n) is 3.21. The van der Waals surface area contributed by atoms with Gasteiger partial charge in [-0.05, 0) is 36.8 Å². The van der Waals surface area contributed by atoms with Gasteiger partial charge in [-0.2, -0.15) is 0 Å². The lowest BCUT2D eigenvalue weighted by Gasteiger charge is -2.14. The molecule has 4 nitrogen and oxygen atoms in total. The smallest absolute Gasteiger partial charge is 0.321 e. The van der Waals surface area contributed by atoms with Gasteiger partial charge in [-0.3, -0.25) is 5.32 Å². The Balaban J connectivity index is 1.67. The highest BCUT2D eigenvalue weighted by Gasteiger charge is 2.11. The molecule has 0 saturated heterocycles. The van der Waals surface area contributed by atoms with Crippen molar-refractivity contribution >= 4 is 44.3 Å². The molecule has 3 aromatic rings. The number of hydrogen-bond donors (Lipinski definition) is 2. The van der Waals surface area contributed by atoms with Crippen LogP contribution in [0, 0.1) is 0 Å². The van der Waals surface area contributed by atoms with Gasteiger partial charge < -0.3 is 5.32 Å². The largest absolute Gasteiger partial charge is 0.331 e. The molecule has 112 valence electrons. The van der Waals surface area contributed by atoms with Crippen LogP contribution >= 0.6 is 22.9 Å². The van der Waals surface area contributed by atoms with Crippen molar-refractivity contribution in [3.8, 4) is 0 Å². The average Bonchev–Trinajstić information content (AvgIpc) is 2.89. The Morgan fingerprint density at radius 3 is 2.82 bits per heavy atom. The number of hydrogen-bond acceptors (Lipinski definition) is 3. The molecule has 0 radical (unpaired) electrons. The van der Waals surface area contributed by atoms with Crippen molar-refractivity contribution in [3.05, 3.63) is 59.1 Å². The molecule has 2 aromatic carbocycles. The first-order valence-electron chi connectivity index (χ1n) is 6.80. The normalized spacial score (nSPS) is 12.1. The van der Waals surface area contributed by atoms with E-state index in [1.54, 1.807) is 6.07 Å². The summed E-state index contributed by atoms with van der Waals surface area (Å²) in [5.41, 5.74) is 1.83. The van der Waals surface area contributed by atoms with E-state index in [1.807, 2.05) is 49.4 Å². The summed E-state index contributed by atoms with van der Waals surface area (Å²) in [7, 11) is 0. The van der Waals surface area contributed by atoms with Crippen LogP contribution in [0.1, 0.15) is 18.5 Å². The number of rotatable bonds is 3. The summed E-state index contributed by atoms with van der Waals surface area (Å²) in [4.78, 5) is 16.4. The molecule has 3 rings (SSSR count). The number of halogens is 1. The van der Waals surface area contributed by atoms with Crippen LogP contribution in [0.5, 0.6) is 0 Å². The van der Waals surface area contributed by atoms with Gasteiger partial charge in [0.15, 0.2) is 5.13 Å². The van der Waals surface area contributed by atoms with Gasteiger partial charge in [0.2, 0.25) is 0 Å². The molecule has 1 atom stereocenters. The standard InChI is InChI=1S/C16H14ClN3OS/c1-10(11-5-4-6-12(17)9-11)18-15(21)20-16-19-13-7-2-3-8-14(13)22-16/h2-10H,1H3,(H2,18,19,20,21)/t10-/m0/s1. The predicted octanol–water partition coefficient (Wildman–Crippen LogP) is 4.83. The summed E-state index contributed by atoms with van der Waals surface area (Å²) in [6.07, 6.45) is 0. The molecular formula is C16H14ClN3OS. The van der Waals surface area contributed by atoms with Crippen molar-refractivity contribution in [1.82, 2.24) is 10.3 Å². The summed E-state index contributed by atoms with van der Waals surface area (Å²) in [5.74, 6) is 0. The highest BCUT2D eigenvalue weighted by Crippen LogP contribution is 2.25. The van der Waals surface area contributed by atoms with Crippen molar-refractivity contribution in [1.29, 1.82) is 0 Å². The van der Waals surface area contributed by atoms with E-state index in [0.29, 0.717) is 10.2 Å². The summed E-state index contributed by atoms with van der Waals surface area (Å²) < 4.78 is 1.04. The third-order valence-corrected chi connectivity index (χ3v) is 4.40. The number of urea groups is 1. The van der Waals surface area contributed by atoms with E-state index in [1.165, 1.54) is 11.3 Å². The number of benzene rings is 2. The van der Waals surface area contributed by atoms with Crippen molar-refractivity contribution in [2.45, 2.75) is 13.0 Å². The van der Waals surface area contributed by atoms with Gasteiger partial charge in [-0.15, -0.1) is 0 Å². The second-order valence-corrected chi connectivity index (χ2v) is 6.33.